The molecule has 0 saturated carbocycles. The van der Waals surface area contributed by atoms with Crippen molar-refractivity contribution in [3.63, 3.8) is 0 Å². The lowest BCUT2D eigenvalue weighted by molar-refractivity contribution is 0.445. The van der Waals surface area contributed by atoms with Crippen LogP contribution in [0.5, 0.6) is 0 Å². The molecular formula is C10H16N2OS2. The van der Waals surface area contributed by atoms with Gasteiger partial charge in [-0.05, 0) is 12.1 Å². The van der Waals surface area contributed by atoms with E-state index in [9.17, 15) is 0 Å². The van der Waals surface area contributed by atoms with Crippen molar-refractivity contribution < 1.29 is 4.42 Å². The molecular weight excluding hydrogens is 228 g/mol. The lowest BCUT2D eigenvalue weighted by Gasteiger charge is -2.28. The molecule has 1 saturated heterocycles. The molecule has 0 amide bonds. The second-order valence-electron chi connectivity index (χ2n) is 3.54. The fourth-order valence-electron chi connectivity index (χ4n) is 1.68. The minimum Gasteiger partial charge on any atom is -0.469 e. The number of nitrogens with two attached hydrogens (primary N) is 1. The summed E-state index contributed by atoms with van der Waals surface area (Å²) in [6, 6.07) is 4.24. The molecule has 2 rings (SSSR count). The van der Waals surface area contributed by atoms with E-state index in [-0.39, 0.29) is 0 Å². The van der Waals surface area contributed by atoms with Gasteiger partial charge >= 0.3 is 0 Å². The van der Waals surface area contributed by atoms with E-state index < -0.39 is 0 Å². The molecule has 2 unspecified atom stereocenters. The predicted octanol–water partition coefficient (Wildman–Crippen LogP) is 1.50. The summed E-state index contributed by atoms with van der Waals surface area (Å²) in [5.74, 6) is 10.3. The standard InChI is InChI=1S/C10H16N2OS2/c11-12-9(6-8-2-1-3-13-8)10-7-14-4-5-15-10/h1-3,9-10,12H,4-7,11H2. The highest BCUT2D eigenvalue weighted by Gasteiger charge is 2.24. The molecule has 0 aliphatic carbocycles. The molecule has 1 aromatic rings. The fourth-order valence-corrected chi connectivity index (χ4v) is 4.55. The van der Waals surface area contributed by atoms with Crippen molar-refractivity contribution in [2.45, 2.75) is 17.7 Å². The zero-order chi connectivity index (χ0) is 10.5. The van der Waals surface area contributed by atoms with Crippen LogP contribution in [0, 0.1) is 0 Å². The van der Waals surface area contributed by atoms with Gasteiger partial charge in [-0.25, -0.2) is 0 Å². The molecule has 3 nitrogen and oxygen atoms in total. The third-order valence-corrected chi connectivity index (χ3v) is 5.43. The maximum Gasteiger partial charge on any atom is 0.105 e. The van der Waals surface area contributed by atoms with Gasteiger partial charge in [0.05, 0.1) is 6.26 Å². The minimum atomic E-state index is 0.314. The number of furan rings is 1. The lowest BCUT2D eigenvalue weighted by atomic mass is 10.1. The van der Waals surface area contributed by atoms with Crippen molar-refractivity contribution in [3.05, 3.63) is 24.2 Å². The van der Waals surface area contributed by atoms with Gasteiger partial charge in [-0.1, -0.05) is 0 Å². The van der Waals surface area contributed by atoms with Gasteiger partial charge in [0, 0.05) is 35.0 Å². The molecule has 0 bridgehead atoms. The first-order valence-electron chi connectivity index (χ1n) is 5.08. The van der Waals surface area contributed by atoms with Gasteiger partial charge in [0.1, 0.15) is 5.76 Å². The van der Waals surface area contributed by atoms with Gasteiger partial charge in [0.25, 0.3) is 0 Å². The fraction of sp³-hybridized carbons (Fsp3) is 0.600. The van der Waals surface area contributed by atoms with Crippen LogP contribution < -0.4 is 11.3 Å². The Bertz CT molecular complexity index is 273. The first-order valence-corrected chi connectivity index (χ1v) is 7.28. The Morgan fingerprint density at radius 2 is 2.53 bits per heavy atom. The third kappa shape index (κ3) is 3.17. The summed E-state index contributed by atoms with van der Waals surface area (Å²) in [4.78, 5) is 0. The van der Waals surface area contributed by atoms with Crippen molar-refractivity contribution in [3.8, 4) is 0 Å². The summed E-state index contributed by atoms with van der Waals surface area (Å²) < 4.78 is 5.35. The third-order valence-electron chi connectivity index (χ3n) is 2.51. The molecule has 84 valence electrons. The van der Waals surface area contributed by atoms with Crippen LogP contribution in [0.1, 0.15) is 5.76 Å². The first kappa shape index (κ1) is 11.4. The zero-order valence-electron chi connectivity index (χ0n) is 8.52. The summed E-state index contributed by atoms with van der Waals surface area (Å²) in [6.45, 7) is 0. The smallest absolute Gasteiger partial charge is 0.105 e. The molecule has 0 radical (unpaired) electrons. The molecule has 3 N–H and O–H groups in total. The predicted molar refractivity (Wildman–Crippen MR) is 67.1 cm³/mol. The Labute approximate surface area is 98.5 Å². The van der Waals surface area contributed by atoms with Gasteiger partial charge in [0.15, 0.2) is 0 Å². The van der Waals surface area contributed by atoms with Gasteiger partial charge in [-0.2, -0.15) is 23.5 Å². The van der Waals surface area contributed by atoms with Crippen LogP contribution in [0.25, 0.3) is 0 Å². The van der Waals surface area contributed by atoms with Gasteiger partial charge in [-0.3, -0.25) is 11.3 Å². The van der Waals surface area contributed by atoms with E-state index in [0.29, 0.717) is 11.3 Å². The van der Waals surface area contributed by atoms with Crippen LogP contribution in [0.15, 0.2) is 22.8 Å². The van der Waals surface area contributed by atoms with E-state index in [0.717, 1.165) is 12.2 Å². The monoisotopic (exact) mass is 244 g/mol. The van der Waals surface area contributed by atoms with E-state index in [2.05, 4.69) is 5.43 Å². The van der Waals surface area contributed by atoms with Crippen LogP contribution in [0.2, 0.25) is 0 Å². The number of thioether (sulfide) groups is 2. The van der Waals surface area contributed by atoms with Crippen molar-refractivity contribution in [1.82, 2.24) is 5.43 Å². The van der Waals surface area contributed by atoms with E-state index in [1.54, 1.807) is 6.26 Å². The largest absolute Gasteiger partial charge is 0.469 e. The van der Waals surface area contributed by atoms with E-state index in [1.807, 2.05) is 35.7 Å². The molecule has 1 fully saturated rings. The zero-order valence-corrected chi connectivity index (χ0v) is 10.2. The van der Waals surface area contributed by atoms with E-state index >= 15 is 0 Å². The minimum absolute atomic E-state index is 0.314. The Hall–Kier alpha value is -0.100. The molecule has 1 aliphatic heterocycles. The highest BCUT2D eigenvalue weighted by molar-refractivity contribution is 8.06. The average Bonchev–Trinajstić information content (AvgIpc) is 2.80. The second-order valence-corrected chi connectivity index (χ2v) is 6.04. The second kappa shape index (κ2) is 5.84. The SMILES string of the molecule is NNC(Cc1ccco1)C1CSCCS1. The van der Waals surface area contributed by atoms with Crippen LogP contribution in [-0.4, -0.2) is 28.6 Å². The highest BCUT2D eigenvalue weighted by Crippen LogP contribution is 2.27. The van der Waals surface area contributed by atoms with Crippen molar-refractivity contribution in [2.75, 3.05) is 17.3 Å². The van der Waals surface area contributed by atoms with Crippen LogP contribution in [0.3, 0.4) is 0 Å². The Kier molecular flexibility index (Phi) is 4.43. The number of hydrazine groups is 1. The van der Waals surface area contributed by atoms with Gasteiger partial charge in [-0.15, -0.1) is 0 Å². The Balaban J connectivity index is 1.91. The van der Waals surface area contributed by atoms with Gasteiger partial charge < -0.3 is 4.42 Å². The Morgan fingerprint density at radius 1 is 1.60 bits per heavy atom. The normalized spacial score (nSPS) is 23.9. The summed E-state index contributed by atoms with van der Waals surface area (Å²) in [5, 5.41) is 0.596. The molecule has 15 heavy (non-hydrogen) atoms. The average molecular weight is 244 g/mol. The number of rotatable bonds is 4. The van der Waals surface area contributed by atoms with Gasteiger partial charge in [0.2, 0.25) is 0 Å². The van der Waals surface area contributed by atoms with Crippen LogP contribution >= 0.6 is 23.5 Å². The molecule has 1 aromatic heterocycles. The number of hydrogen-bond donors (Lipinski definition) is 2. The molecule has 5 heteroatoms. The van der Waals surface area contributed by atoms with E-state index in [4.69, 9.17) is 10.3 Å². The van der Waals surface area contributed by atoms with Crippen molar-refractivity contribution >= 4 is 23.5 Å². The summed E-state index contributed by atoms with van der Waals surface area (Å²) in [6.07, 6.45) is 2.59. The maximum atomic E-state index is 5.61. The number of hydrogen-bond acceptors (Lipinski definition) is 5. The Morgan fingerprint density at radius 3 is 3.13 bits per heavy atom. The van der Waals surface area contributed by atoms with Crippen LogP contribution in [-0.2, 0) is 6.42 Å². The molecule has 0 aromatic carbocycles. The molecule has 0 spiro atoms. The number of nitrogens with one attached hydrogen (secondary N) is 1. The highest BCUT2D eigenvalue weighted by atomic mass is 32.2. The summed E-state index contributed by atoms with van der Waals surface area (Å²) >= 11 is 4.03. The topological polar surface area (TPSA) is 51.2 Å². The quantitative estimate of drug-likeness (QED) is 0.621. The van der Waals surface area contributed by atoms with Crippen molar-refractivity contribution in [2.24, 2.45) is 5.84 Å². The van der Waals surface area contributed by atoms with Crippen LogP contribution in [0.4, 0.5) is 0 Å². The van der Waals surface area contributed by atoms with Crippen molar-refractivity contribution in [1.29, 1.82) is 0 Å². The summed E-state index contributed by atoms with van der Waals surface area (Å²) in [7, 11) is 0. The molecule has 2 heterocycles. The van der Waals surface area contributed by atoms with E-state index in [1.165, 1.54) is 17.3 Å². The first-order chi connectivity index (χ1) is 7.40. The molecule has 2 atom stereocenters. The summed E-state index contributed by atoms with van der Waals surface area (Å²) in [5.41, 5.74) is 2.92. The molecule has 1 aliphatic rings. The maximum absolute atomic E-state index is 5.61. The lowest BCUT2D eigenvalue weighted by Crippen LogP contribution is -2.46.